The highest BCUT2D eigenvalue weighted by molar-refractivity contribution is 5.74. The molecule has 1 aromatic heterocycles. The molecule has 2 aromatic rings. The number of likely N-dealkylation sites (tertiary alicyclic amines) is 1. The number of urea groups is 1. The molecule has 6 heteroatoms. The fraction of sp³-hybridized carbons (Fsp3) is 0.474. The smallest absolute Gasteiger partial charge is 0.317 e. The van der Waals surface area contributed by atoms with E-state index in [-0.39, 0.29) is 12.1 Å². The number of hydrogen-bond donors (Lipinski definition) is 1. The molecule has 1 fully saturated rings. The van der Waals surface area contributed by atoms with E-state index in [2.05, 4.69) is 46.5 Å². The first-order valence-electron chi connectivity index (χ1n) is 8.76. The van der Waals surface area contributed by atoms with Crippen LogP contribution < -0.4 is 5.32 Å². The number of aromatic nitrogens is 2. The SMILES string of the molecule is C[C@H]1CN(Cc2ccccc2)C[C@@H]1NC(=O)N(C)Cc1cnn(C)c1. The normalized spacial score (nSPS) is 20.6. The lowest BCUT2D eigenvalue weighted by Crippen LogP contribution is -2.45. The molecule has 1 aromatic carbocycles. The first kappa shape index (κ1) is 17.5. The van der Waals surface area contributed by atoms with Crippen LogP contribution in [0.5, 0.6) is 0 Å². The fourth-order valence-electron chi connectivity index (χ4n) is 3.39. The van der Waals surface area contributed by atoms with Crippen LogP contribution in [0.25, 0.3) is 0 Å². The van der Waals surface area contributed by atoms with Gasteiger partial charge >= 0.3 is 6.03 Å². The Kier molecular flexibility index (Phi) is 5.38. The number of carbonyl (C=O) groups is 1. The molecule has 0 spiro atoms. The highest BCUT2D eigenvalue weighted by Gasteiger charge is 2.31. The fourth-order valence-corrected chi connectivity index (χ4v) is 3.39. The highest BCUT2D eigenvalue weighted by Crippen LogP contribution is 2.19. The van der Waals surface area contributed by atoms with E-state index >= 15 is 0 Å². The Morgan fingerprint density at radius 2 is 2.04 bits per heavy atom. The molecule has 6 nitrogen and oxygen atoms in total. The van der Waals surface area contributed by atoms with Crippen LogP contribution in [0.1, 0.15) is 18.1 Å². The van der Waals surface area contributed by atoms with E-state index in [0.717, 1.165) is 25.2 Å². The zero-order valence-electron chi connectivity index (χ0n) is 15.2. The van der Waals surface area contributed by atoms with Gasteiger partial charge in [-0.1, -0.05) is 37.3 Å². The van der Waals surface area contributed by atoms with Gasteiger partial charge < -0.3 is 10.2 Å². The van der Waals surface area contributed by atoms with Crippen LogP contribution in [-0.2, 0) is 20.1 Å². The second-order valence-corrected chi connectivity index (χ2v) is 7.09. The lowest BCUT2D eigenvalue weighted by molar-refractivity contribution is 0.200. The van der Waals surface area contributed by atoms with Crippen molar-refractivity contribution >= 4 is 6.03 Å². The Morgan fingerprint density at radius 3 is 2.72 bits per heavy atom. The largest absolute Gasteiger partial charge is 0.334 e. The molecule has 2 atom stereocenters. The van der Waals surface area contributed by atoms with Crippen molar-refractivity contribution in [3.8, 4) is 0 Å². The average Bonchev–Trinajstić information content (AvgIpc) is 3.14. The highest BCUT2D eigenvalue weighted by atomic mass is 16.2. The molecule has 1 saturated heterocycles. The van der Waals surface area contributed by atoms with Crippen LogP contribution in [0, 0.1) is 5.92 Å². The van der Waals surface area contributed by atoms with E-state index in [1.807, 2.05) is 26.4 Å². The minimum atomic E-state index is -0.0257. The third-order valence-corrected chi connectivity index (χ3v) is 4.77. The molecule has 2 heterocycles. The van der Waals surface area contributed by atoms with Crippen LogP contribution in [-0.4, -0.2) is 51.8 Å². The minimum absolute atomic E-state index is 0.0257. The lowest BCUT2D eigenvalue weighted by Gasteiger charge is -2.22. The number of aryl methyl sites for hydroxylation is 1. The van der Waals surface area contributed by atoms with Crippen molar-refractivity contribution in [2.75, 3.05) is 20.1 Å². The predicted octanol–water partition coefficient (Wildman–Crippen LogP) is 2.08. The Morgan fingerprint density at radius 1 is 1.28 bits per heavy atom. The number of benzene rings is 1. The van der Waals surface area contributed by atoms with Crippen LogP contribution in [0.2, 0.25) is 0 Å². The molecule has 0 radical (unpaired) electrons. The summed E-state index contributed by atoms with van der Waals surface area (Å²) in [4.78, 5) is 16.6. The molecular weight excluding hydrogens is 314 g/mol. The van der Waals surface area contributed by atoms with Gasteiger partial charge in [0.15, 0.2) is 0 Å². The maximum absolute atomic E-state index is 12.5. The van der Waals surface area contributed by atoms with Crippen molar-refractivity contribution in [1.82, 2.24) is 24.9 Å². The second kappa shape index (κ2) is 7.70. The third kappa shape index (κ3) is 4.60. The van der Waals surface area contributed by atoms with Gasteiger partial charge in [0.1, 0.15) is 0 Å². The Balaban J connectivity index is 1.50. The standard InChI is InChI=1S/C19H27N5O/c1-15-10-24(13-16-7-5-4-6-8-16)14-18(15)21-19(25)22(2)11-17-9-20-23(3)12-17/h4-9,12,15,18H,10-11,13-14H2,1-3H3,(H,21,25)/t15-,18-/m0/s1. The zero-order chi connectivity index (χ0) is 17.8. The molecule has 1 aliphatic rings. The second-order valence-electron chi connectivity index (χ2n) is 7.09. The van der Waals surface area contributed by atoms with Crippen molar-refractivity contribution in [2.45, 2.75) is 26.1 Å². The summed E-state index contributed by atoms with van der Waals surface area (Å²) in [7, 11) is 3.70. The molecular formula is C19H27N5O. The maximum Gasteiger partial charge on any atom is 0.317 e. The summed E-state index contributed by atoms with van der Waals surface area (Å²) in [6.45, 7) is 5.60. The van der Waals surface area contributed by atoms with Crippen LogP contribution in [0.3, 0.4) is 0 Å². The van der Waals surface area contributed by atoms with Gasteiger partial charge in [0.2, 0.25) is 0 Å². The van der Waals surface area contributed by atoms with Gasteiger partial charge in [-0.15, -0.1) is 0 Å². The molecule has 0 unspecified atom stereocenters. The van der Waals surface area contributed by atoms with Crippen molar-refractivity contribution in [2.24, 2.45) is 13.0 Å². The van der Waals surface area contributed by atoms with Crippen molar-refractivity contribution < 1.29 is 4.79 Å². The summed E-state index contributed by atoms with van der Waals surface area (Å²) in [5.41, 5.74) is 2.35. The molecule has 2 amide bonds. The molecule has 0 aliphatic carbocycles. The average molecular weight is 341 g/mol. The lowest BCUT2D eigenvalue weighted by atomic mass is 10.1. The molecule has 0 bridgehead atoms. The monoisotopic (exact) mass is 341 g/mol. The first-order valence-corrected chi connectivity index (χ1v) is 8.76. The van der Waals surface area contributed by atoms with Crippen LogP contribution in [0.4, 0.5) is 4.79 Å². The Labute approximate surface area is 149 Å². The first-order chi connectivity index (χ1) is 12.0. The summed E-state index contributed by atoms with van der Waals surface area (Å²) in [5.74, 6) is 0.444. The van der Waals surface area contributed by atoms with E-state index in [1.165, 1.54) is 5.56 Å². The Hall–Kier alpha value is -2.34. The van der Waals surface area contributed by atoms with E-state index in [9.17, 15) is 4.79 Å². The summed E-state index contributed by atoms with van der Waals surface area (Å²) in [6, 6.07) is 10.6. The minimum Gasteiger partial charge on any atom is -0.334 e. The van der Waals surface area contributed by atoms with E-state index in [1.54, 1.807) is 15.8 Å². The summed E-state index contributed by atoms with van der Waals surface area (Å²) in [5, 5.41) is 7.34. The van der Waals surface area contributed by atoms with Gasteiger partial charge in [-0.05, 0) is 11.5 Å². The zero-order valence-corrected chi connectivity index (χ0v) is 15.2. The quantitative estimate of drug-likeness (QED) is 0.906. The molecule has 1 N–H and O–H groups in total. The van der Waals surface area contributed by atoms with Crippen LogP contribution in [0.15, 0.2) is 42.7 Å². The van der Waals surface area contributed by atoms with Crippen molar-refractivity contribution in [3.63, 3.8) is 0 Å². The van der Waals surface area contributed by atoms with Crippen LogP contribution >= 0.6 is 0 Å². The summed E-state index contributed by atoms with van der Waals surface area (Å²) in [6.07, 6.45) is 3.73. The number of carbonyl (C=O) groups excluding carboxylic acids is 1. The molecule has 3 rings (SSSR count). The van der Waals surface area contributed by atoms with Gasteiger partial charge in [-0.3, -0.25) is 9.58 Å². The topological polar surface area (TPSA) is 53.4 Å². The number of nitrogens with one attached hydrogen (secondary N) is 1. The van der Waals surface area contributed by atoms with Gasteiger partial charge in [-0.2, -0.15) is 5.10 Å². The predicted molar refractivity (Wildman–Crippen MR) is 97.9 cm³/mol. The van der Waals surface area contributed by atoms with Gasteiger partial charge in [-0.25, -0.2) is 4.79 Å². The van der Waals surface area contributed by atoms with Crippen molar-refractivity contribution in [1.29, 1.82) is 0 Å². The molecule has 1 aliphatic heterocycles. The van der Waals surface area contributed by atoms with E-state index in [4.69, 9.17) is 0 Å². The Bertz CT molecular complexity index is 699. The van der Waals surface area contributed by atoms with E-state index < -0.39 is 0 Å². The third-order valence-electron chi connectivity index (χ3n) is 4.77. The van der Waals surface area contributed by atoms with Gasteiger partial charge in [0.05, 0.1) is 12.7 Å². The summed E-state index contributed by atoms with van der Waals surface area (Å²) >= 11 is 0. The summed E-state index contributed by atoms with van der Waals surface area (Å²) < 4.78 is 1.75. The number of nitrogens with zero attached hydrogens (tertiary/aromatic N) is 4. The van der Waals surface area contributed by atoms with E-state index in [0.29, 0.717) is 12.5 Å². The maximum atomic E-state index is 12.5. The molecule has 25 heavy (non-hydrogen) atoms. The number of rotatable bonds is 5. The molecule has 0 saturated carbocycles. The molecule has 134 valence electrons. The number of amides is 2. The van der Waals surface area contributed by atoms with Gasteiger partial charge in [0, 0.05) is 51.5 Å². The van der Waals surface area contributed by atoms with Gasteiger partial charge in [0.25, 0.3) is 0 Å². The van der Waals surface area contributed by atoms with Crippen molar-refractivity contribution in [3.05, 3.63) is 53.9 Å². The number of hydrogen-bond acceptors (Lipinski definition) is 3.